The molecule has 0 amide bonds. The fourth-order valence-corrected chi connectivity index (χ4v) is 3.03. The molecule has 8 nitrogen and oxygen atoms in total. The van der Waals surface area contributed by atoms with Crippen LogP contribution >= 0.6 is 0 Å². The maximum Gasteiger partial charge on any atom is 0.303 e. The first-order chi connectivity index (χ1) is 14.3. The van der Waals surface area contributed by atoms with Crippen LogP contribution in [0.3, 0.4) is 0 Å². The highest BCUT2D eigenvalue weighted by molar-refractivity contribution is 5.68. The number of rotatable bonds is 9. The second kappa shape index (κ2) is 10.4. The Morgan fingerprint density at radius 1 is 0.667 bits per heavy atom. The molecule has 0 aliphatic heterocycles. The summed E-state index contributed by atoms with van der Waals surface area (Å²) in [7, 11) is 6.00. The molecule has 8 heteroatoms. The van der Waals surface area contributed by atoms with E-state index in [1.165, 1.54) is 35.2 Å². The fourth-order valence-electron chi connectivity index (χ4n) is 3.03. The topological polar surface area (TPSA) is 89.5 Å². The number of hydrogen-bond acceptors (Lipinski definition) is 8. The van der Waals surface area contributed by atoms with Crippen molar-refractivity contribution < 1.29 is 38.0 Å². The van der Waals surface area contributed by atoms with Gasteiger partial charge in [-0.2, -0.15) is 0 Å². The lowest BCUT2D eigenvalue weighted by molar-refractivity contribution is -0.166. The van der Waals surface area contributed by atoms with Crippen molar-refractivity contribution in [2.75, 3.05) is 28.4 Å². The molecule has 0 N–H and O–H groups in total. The van der Waals surface area contributed by atoms with E-state index in [1.54, 1.807) is 43.5 Å². The van der Waals surface area contributed by atoms with Crippen LogP contribution in [0.5, 0.6) is 23.0 Å². The van der Waals surface area contributed by atoms with Crippen LogP contribution < -0.4 is 18.9 Å². The SMILES string of the molecule is COc1ccc([C@H](OC(C)=O)[C@@H](OC(C)=O)c2cc(OC)c(OC)c(OC)c2)cc1. The van der Waals surface area contributed by atoms with Crippen LogP contribution in [0.2, 0.25) is 0 Å². The zero-order valence-corrected chi connectivity index (χ0v) is 17.9. The van der Waals surface area contributed by atoms with Gasteiger partial charge in [-0.05, 0) is 29.8 Å². The predicted molar refractivity (Wildman–Crippen MR) is 108 cm³/mol. The molecule has 30 heavy (non-hydrogen) atoms. The summed E-state index contributed by atoms with van der Waals surface area (Å²) in [6.07, 6.45) is -1.88. The molecule has 2 rings (SSSR count). The normalized spacial score (nSPS) is 12.3. The molecule has 2 aromatic carbocycles. The third-order valence-electron chi connectivity index (χ3n) is 4.32. The highest BCUT2D eigenvalue weighted by Gasteiger charge is 2.32. The Morgan fingerprint density at radius 2 is 1.13 bits per heavy atom. The van der Waals surface area contributed by atoms with Gasteiger partial charge < -0.3 is 28.4 Å². The van der Waals surface area contributed by atoms with Gasteiger partial charge in [-0.1, -0.05) is 12.1 Å². The maximum absolute atomic E-state index is 11.9. The second-order valence-corrected chi connectivity index (χ2v) is 6.29. The average Bonchev–Trinajstić information content (AvgIpc) is 2.74. The molecule has 0 spiro atoms. The van der Waals surface area contributed by atoms with Gasteiger partial charge in [0.15, 0.2) is 23.7 Å². The van der Waals surface area contributed by atoms with Crippen LogP contribution in [0.4, 0.5) is 0 Å². The largest absolute Gasteiger partial charge is 0.497 e. The van der Waals surface area contributed by atoms with Crippen molar-refractivity contribution in [3.05, 3.63) is 47.5 Å². The Balaban J connectivity index is 2.64. The minimum Gasteiger partial charge on any atom is -0.497 e. The summed E-state index contributed by atoms with van der Waals surface area (Å²) in [6.45, 7) is 2.57. The summed E-state index contributed by atoms with van der Waals surface area (Å²) >= 11 is 0. The van der Waals surface area contributed by atoms with Crippen molar-refractivity contribution in [1.82, 2.24) is 0 Å². The summed E-state index contributed by atoms with van der Waals surface area (Å²) in [4.78, 5) is 23.8. The van der Waals surface area contributed by atoms with Crippen LogP contribution in [0, 0.1) is 0 Å². The van der Waals surface area contributed by atoms with Crippen LogP contribution in [0.25, 0.3) is 0 Å². The van der Waals surface area contributed by atoms with E-state index in [4.69, 9.17) is 28.4 Å². The van der Waals surface area contributed by atoms with Gasteiger partial charge in [-0.15, -0.1) is 0 Å². The molecule has 162 valence electrons. The fraction of sp³-hybridized carbons (Fsp3) is 0.364. The Bertz CT molecular complexity index is 850. The third kappa shape index (κ3) is 5.34. The molecular formula is C22H26O8. The molecule has 0 saturated heterocycles. The van der Waals surface area contributed by atoms with Crippen LogP contribution in [0.1, 0.15) is 37.2 Å². The van der Waals surface area contributed by atoms with Crippen molar-refractivity contribution >= 4 is 11.9 Å². The molecule has 0 bridgehead atoms. The van der Waals surface area contributed by atoms with E-state index in [9.17, 15) is 9.59 Å². The van der Waals surface area contributed by atoms with E-state index >= 15 is 0 Å². The van der Waals surface area contributed by atoms with Gasteiger partial charge in [0.2, 0.25) is 5.75 Å². The number of ether oxygens (including phenoxy) is 6. The van der Waals surface area contributed by atoms with Gasteiger partial charge in [0.1, 0.15) is 5.75 Å². The minimum atomic E-state index is -0.964. The van der Waals surface area contributed by atoms with Crippen molar-refractivity contribution in [3.63, 3.8) is 0 Å². The molecule has 0 aromatic heterocycles. The lowest BCUT2D eigenvalue weighted by atomic mass is 9.97. The van der Waals surface area contributed by atoms with Gasteiger partial charge in [0, 0.05) is 19.4 Å². The summed E-state index contributed by atoms with van der Waals surface area (Å²) < 4.78 is 32.5. The van der Waals surface area contributed by atoms with Crippen molar-refractivity contribution in [2.24, 2.45) is 0 Å². The van der Waals surface area contributed by atoms with Crippen LogP contribution in [-0.4, -0.2) is 40.4 Å². The minimum absolute atomic E-state index is 0.375. The molecule has 0 heterocycles. The average molecular weight is 418 g/mol. The number of carbonyl (C=O) groups is 2. The van der Waals surface area contributed by atoms with Gasteiger partial charge in [-0.25, -0.2) is 0 Å². The lowest BCUT2D eigenvalue weighted by Gasteiger charge is -2.28. The number of hydrogen-bond donors (Lipinski definition) is 0. The van der Waals surface area contributed by atoms with Crippen LogP contribution in [-0.2, 0) is 19.1 Å². The quantitative estimate of drug-likeness (QED) is 0.571. The van der Waals surface area contributed by atoms with E-state index in [0.29, 0.717) is 34.1 Å². The Kier molecular flexibility index (Phi) is 7.91. The number of methoxy groups -OCH3 is 4. The van der Waals surface area contributed by atoms with Crippen molar-refractivity contribution in [1.29, 1.82) is 0 Å². The van der Waals surface area contributed by atoms with E-state index in [-0.39, 0.29) is 0 Å². The highest BCUT2D eigenvalue weighted by Crippen LogP contribution is 2.44. The maximum atomic E-state index is 11.9. The summed E-state index contributed by atoms with van der Waals surface area (Å²) in [5, 5.41) is 0. The van der Waals surface area contributed by atoms with Gasteiger partial charge in [-0.3, -0.25) is 9.59 Å². The molecule has 2 aromatic rings. The van der Waals surface area contributed by atoms with Crippen LogP contribution in [0.15, 0.2) is 36.4 Å². The predicted octanol–water partition coefficient (Wildman–Crippen LogP) is 3.63. The summed E-state index contributed by atoms with van der Waals surface area (Å²) in [6, 6.07) is 10.2. The Labute approximate surface area is 175 Å². The zero-order chi connectivity index (χ0) is 22.3. The molecule has 0 saturated carbocycles. The van der Waals surface area contributed by atoms with Gasteiger partial charge in [0.05, 0.1) is 28.4 Å². The molecule has 0 unspecified atom stereocenters. The molecule has 0 radical (unpaired) electrons. The summed E-state index contributed by atoms with van der Waals surface area (Å²) in [5.74, 6) is 0.705. The Hall–Kier alpha value is -3.42. The standard InChI is InChI=1S/C22H26O8/c1-13(23)29-20(15-7-9-17(25-3)10-8-15)21(30-14(2)24)16-11-18(26-4)22(28-6)19(12-16)27-5/h7-12,20-21H,1-6H3/t20-,21-/m0/s1. The molecule has 0 aliphatic rings. The van der Waals surface area contributed by atoms with E-state index in [2.05, 4.69) is 0 Å². The number of carbonyl (C=O) groups excluding carboxylic acids is 2. The lowest BCUT2D eigenvalue weighted by Crippen LogP contribution is -2.22. The zero-order valence-electron chi connectivity index (χ0n) is 17.9. The first kappa shape index (κ1) is 22.9. The van der Waals surface area contributed by atoms with E-state index in [0.717, 1.165) is 0 Å². The van der Waals surface area contributed by atoms with E-state index < -0.39 is 24.1 Å². The van der Waals surface area contributed by atoms with Gasteiger partial charge in [0.25, 0.3) is 0 Å². The molecular weight excluding hydrogens is 392 g/mol. The second-order valence-electron chi connectivity index (χ2n) is 6.29. The number of esters is 2. The third-order valence-corrected chi connectivity index (χ3v) is 4.32. The number of benzene rings is 2. The van der Waals surface area contributed by atoms with Crippen molar-refractivity contribution in [3.8, 4) is 23.0 Å². The van der Waals surface area contributed by atoms with Crippen molar-refractivity contribution in [2.45, 2.75) is 26.1 Å². The Morgan fingerprint density at radius 3 is 1.50 bits per heavy atom. The smallest absolute Gasteiger partial charge is 0.303 e. The highest BCUT2D eigenvalue weighted by atomic mass is 16.6. The molecule has 2 atom stereocenters. The first-order valence-corrected chi connectivity index (χ1v) is 9.12. The summed E-state index contributed by atoms with van der Waals surface area (Å²) in [5.41, 5.74) is 1.12. The van der Waals surface area contributed by atoms with E-state index in [1.807, 2.05) is 0 Å². The van der Waals surface area contributed by atoms with Gasteiger partial charge >= 0.3 is 11.9 Å². The first-order valence-electron chi connectivity index (χ1n) is 9.12. The monoisotopic (exact) mass is 418 g/mol. The molecule has 0 fully saturated rings. The molecule has 0 aliphatic carbocycles.